The van der Waals surface area contributed by atoms with E-state index in [1.165, 1.54) is 7.05 Å². The Bertz CT molecular complexity index is 514. The first-order valence-corrected chi connectivity index (χ1v) is 6.63. The summed E-state index contributed by atoms with van der Waals surface area (Å²) in [7, 11) is -2.41. The molecule has 0 saturated carbocycles. The fourth-order valence-electron chi connectivity index (χ4n) is 1.30. The molecule has 0 aromatic heterocycles. The summed E-state index contributed by atoms with van der Waals surface area (Å²) in [5, 5.41) is 0. The number of ether oxygens (including phenoxy) is 1. The maximum Gasteiger partial charge on any atom is 0.573 e. The minimum absolute atomic E-state index is 0.114. The first kappa shape index (κ1) is 15.7. The van der Waals surface area contributed by atoms with Crippen LogP contribution in [0.15, 0.2) is 29.2 Å². The van der Waals surface area contributed by atoms with Crippen LogP contribution in [-0.2, 0) is 10.0 Å². The Labute approximate surface area is 108 Å². The van der Waals surface area contributed by atoms with Crippen molar-refractivity contribution < 1.29 is 26.3 Å². The Morgan fingerprint density at radius 2 is 1.79 bits per heavy atom. The fraction of sp³-hybridized carbons (Fsp3) is 0.400. The Morgan fingerprint density at radius 3 is 2.21 bits per heavy atom. The number of sulfonamides is 1. The van der Waals surface area contributed by atoms with E-state index < -0.39 is 22.1 Å². The molecule has 0 fully saturated rings. The van der Waals surface area contributed by atoms with Gasteiger partial charge in [-0.25, -0.2) is 8.42 Å². The highest BCUT2D eigenvalue weighted by molar-refractivity contribution is 7.89. The monoisotopic (exact) mass is 298 g/mol. The number of hydrogen-bond acceptors (Lipinski definition) is 4. The zero-order valence-electron chi connectivity index (χ0n) is 10.0. The van der Waals surface area contributed by atoms with Crippen molar-refractivity contribution in [3.05, 3.63) is 24.3 Å². The van der Waals surface area contributed by atoms with E-state index in [-0.39, 0.29) is 18.0 Å². The molecule has 0 unspecified atom stereocenters. The van der Waals surface area contributed by atoms with Crippen molar-refractivity contribution in [2.75, 3.05) is 20.1 Å². The molecule has 0 aliphatic rings. The van der Waals surface area contributed by atoms with Gasteiger partial charge in [0.1, 0.15) is 5.75 Å². The van der Waals surface area contributed by atoms with Crippen LogP contribution in [0, 0.1) is 0 Å². The van der Waals surface area contributed by atoms with E-state index in [9.17, 15) is 21.6 Å². The number of nitrogens with two attached hydrogens (primary N) is 1. The van der Waals surface area contributed by atoms with Crippen molar-refractivity contribution in [1.82, 2.24) is 4.31 Å². The number of benzene rings is 1. The third-order valence-corrected chi connectivity index (χ3v) is 4.08. The number of likely N-dealkylation sites (N-methyl/N-ethyl adjacent to an activating group) is 1. The molecule has 0 aliphatic heterocycles. The van der Waals surface area contributed by atoms with Crippen LogP contribution in [0.2, 0.25) is 0 Å². The van der Waals surface area contributed by atoms with Crippen LogP contribution < -0.4 is 10.5 Å². The zero-order valence-corrected chi connectivity index (χ0v) is 10.8. The van der Waals surface area contributed by atoms with Gasteiger partial charge in [0.25, 0.3) is 0 Å². The highest BCUT2D eigenvalue weighted by Crippen LogP contribution is 2.24. The van der Waals surface area contributed by atoms with Crippen LogP contribution in [0.25, 0.3) is 0 Å². The van der Waals surface area contributed by atoms with Crippen molar-refractivity contribution in [1.29, 1.82) is 0 Å². The molecular formula is C10H13F3N2O3S. The second-order valence-electron chi connectivity index (χ2n) is 3.63. The van der Waals surface area contributed by atoms with Gasteiger partial charge < -0.3 is 10.5 Å². The van der Waals surface area contributed by atoms with E-state index in [1.807, 2.05) is 0 Å². The van der Waals surface area contributed by atoms with Gasteiger partial charge in [0.05, 0.1) is 4.90 Å². The van der Waals surface area contributed by atoms with Gasteiger partial charge in [0.2, 0.25) is 10.0 Å². The lowest BCUT2D eigenvalue weighted by Crippen LogP contribution is -2.31. The van der Waals surface area contributed by atoms with E-state index in [1.54, 1.807) is 0 Å². The minimum atomic E-state index is -4.81. The molecule has 0 radical (unpaired) electrons. The molecule has 108 valence electrons. The average molecular weight is 298 g/mol. The lowest BCUT2D eigenvalue weighted by Gasteiger charge is -2.16. The van der Waals surface area contributed by atoms with Gasteiger partial charge in [0, 0.05) is 20.1 Å². The maximum atomic E-state index is 11.9. The molecule has 0 heterocycles. The van der Waals surface area contributed by atoms with Gasteiger partial charge in [-0.2, -0.15) is 4.31 Å². The summed E-state index contributed by atoms with van der Waals surface area (Å²) in [5.74, 6) is -0.479. The zero-order chi connectivity index (χ0) is 14.7. The van der Waals surface area contributed by atoms with Crippen molar-refractivity contribution in [3.8, 4) is 5.75 Å². The van der Waals surface area contributed by atoms with E-state index >= 15 is 0 Å². The van der Waals surface area contributed by atoms with E-state index in [2.05, 4.69) is 4.74 Å². The number of hydrogen-bond donors (Lipinski definition) is 1. The lowest BCUT2D eigenvalue weighted by molar-refractivity contribution is -0.274. The highest BCUT2D eigenvalue weighted by Gasteiger charge is 2.31. The van der Waals surface area contributed by atoms with Crippen LogP contribution >= 0.6 is 0 Å². The topological polar surface area (TPSA) is 72.6 Å². The predicted octanol–water partition coefficient (Wildman–Crippen LogP) is 1.16. The van der Waals surface area contributed by atoms with E-state index in [0.29, 0.717) is 0 Å². The van der Waals surface area contributed by atoms with Crippen LogP contribution in [0.4, 0.5) is 13.2 Å². The Hall–Kier alpha value is -1.32. The third kappa shape index (κ3) is 4.37. The maximum absolute atomic E-state index is 11.9. The predicted molar refractivity (Wildman–Crippen MR) is 62.0 cm³/mol. The molecule has 19 heavy (non-hydrogen) atoms. The van der Waals surface area contributed by atoms with Crippen molar-refractivity contribution >= 4 is 10.0 Å². The average Bonchev–Trinajstić information content (AvgIpc) is 2.27. The summed E-state index contributed by atoms with van der Waals surface area (Å²) in [6, 6.07) is 3.97. The van der Waals surface area contributed by atoms with Gasteiger partial charge in [-0.1, -0.05) is 0 Å². The Balaban J connectivity index is 2.93. The second kappa shape index (κ2) is 5.76. The lowest BCUT2D eigenvalue weighted by atomic mass is 10.3. The van der Waals surface area contributed by atoms with E-state index in [0.717, 1.165) is 28.6 Å². The third-order valence-electron chi connectivity index (χ3n) is 2.21. The van der Waals surface area contributed by atoms with Crippen molar-refractivity contribution in [3.63, 3.8) is 0 Å². The smallest absolute Gasteiger partial charge is 0.406 e. The summed E-state index contributed by atoms with van der Waals surface area (Å²) in [5.41, 5.74) is 5.25. The number of nitrogens with zero attached hydrogens (tertiary/aromatic N) is 1. The molecule has 0 saturated heterocycles. The minimum Gasteiger partial charge on any atom is -0.406 e. The van der Waals surface area contributed by atoms with Gasteiger partial charge in [0.15, 0.2) is 0 Å². The highest BCUT2D eigenvalue weighted by atomic mass is 32.2. The summed E-state index contributed by atoms with van der Waals surface area (Å²) in [4.78, 5) is -0.127. The van der Waals surface area contributed by atoms with Crippen LogP contribution in [-0.4, -0.2) is 39.2 Å². The molecule has 1 aromatic rings. The molecule has 5 nitrogen and oxygen atoms in total. The van der Waals surface area contributed by atoms with Crippen LogP contribution in [0.1, 0.15) is 0 Å². The molecule has 2 N–H and O–H groups in total. The van der Waals surface area contributed by atoms with Gasteiger partial charge in [-0.15, -0.1) is 13.2 Å². The van der Waals surface area contributed by atoms with Gasteiger partial charge in [-0.05, 0) is 24.3 Å². The SMILES string of the molecule is CN(CCN)S(=O)(=O)c1ccc(OC(F)(F)F)cc1. The van der Waals surface area contributed by atoms with E-state index in [4.69, 9.17) is 5.73 Å². The molecule has 1 aromatic carbocycles. The molecular weight excluding hydrogens is 285 g/mol. The fourth-order valence-corrected chi connectivity index (χ4v) is 2.48. The number of halogens is 3. The summed E-state index contributed by atoms with van der Waals surface area (Å²) >= 11 is 0. The van der Waals surface area contributed by atoms with Crippen LogP contribution in [0.3, 0.4) is 0 Å². The standard InChI is InChI=1S/C10H13F3N2O3S/c1-15(7-6-14)19(16,17)9-4-2-8(3-5-9)18-10(11,12)13/h2-5H,6-7,14H2,1H3. The summed E-state index contributed by atoms with van der Waals surface area (Å²) in [6.45, 7) is 0.258. The molecule has 9 heteroatoms. The van der Waals surface area contributed by atoms with Gasteiger partial charge >= 0.3 is 6.36 Å². The largest absolute Gasteiger partial charge is 0.573 e. The Kier molecular flexibility index (Phi) is 4.77. The van der Waals surface area contributed by atoms with Gasteiger partial charge in [-0.3, -0.25) is 0 Å². The first-order valence-electron chi connectivity index (χ1n) is 5.19. The molecule has 0 bridgehead atoms. The van der Waals surface area contributed by atoms with Crippen LogP contribution in [0.5, 0.6) is 5.75 Å². The number of alkyl halides is 3. The molecule has 0 aliphatic carbocycles. The molecule has 0 amide bonds. The molecule has 1 rings (SSSR count). The summed E-state index contributed by atoms with van der Waals surface area (Å²) in [6.07, 6.45) is -4.81. The molecule has 0 atom stereocenters. The quantitative estimate of drug-likeness (QED) is 0.885. The normalized spacial score (nSPS) is 12.7. The van der Waals surface area contributed by atoms with Crippen molar-refractivity contribution in [2.45, 2.75) is 11.3 Å². The Morgan fingerprint density at radius 1 is 1.26 bits per heavy atom. The number of rotatable bonds is 5. The van der Waals surface area contributed by atoms with Crippen molar-refractivity contribution in [2.24, 2.45) is 5.73 Å². The first-order chi connectivity index (χ1) is 8.66. The molecule has 0 spiro atoms. The summed E-state index contributed by atoms with van der Waals surface area (Å²) < 4.78 is 64.3. The second-order valence-corrected chi connectivity index (χ2v) is 5.68.